The number of halogens is 1. The maximum atomic E-state index is 12.9. The molecule has 0 saturated heterocycles. The summed E-state index contributed by atoms with van der Waals surface area (Å²) < 4.78 is 12.9. The quantitative estimate of drug-likeness (QED) is 0.763. The highest BCUT2D eigenvalue weighted by molar-refractivity contribution is 5.85. The Labute approximate surface area is 110 Å². The van der Waals surface area contributed by atoms with Gasteiger partial charge in [-0.1, -0.05) is 19.1 Å². The maximum Gasteiger partial charge on any atom is 0.329 e. The van der Waals surface area contributed by atoms with Crippen molar-refractivity contribution in [3.63, 3.8) is 0 Å². The van der Waals surface area contributed by atoms with Crippen LogP contribution < -0.4 is 10.6 Å². The Bertz CT molecular complexity index is 479. The first-order valence-electron chi connectivity index (χ1n) is 5.91. The van der Waals surface area contributed by atoms with Gasteiger partial charge in [-0.05, 0) is 31.0 Å². The third-order valence-electron chi connectivity index (χ3n) is 2.91. The highest BCUT2D eigenvalue weighted by Crippen LogP contribution is 2.09. The number of carbonyl (C=O) groups excluding carboxylic acids is 1. The van der Waals surface area contributed by atoms with Crippen LogP contribution in [0.25, 0.3) is 0 Å². The number of amides is 2. The number of carbonyl (C=O) groups is 2. The first-order valence-corrected chi connectivity index (χ1v) is 5.91. The largest absolute Gasteiger partial charge is 0.480 e. The summed E-state index contributed by atoms with van der Waals surface area (Å²) in [5.41, 5.74) is -0.713. The van der Waals surface area contributed by atoms with E-state index in [9.17, 15) is 14.0 Å². The van der Waals surface area contributed by atoms with Crippen LogP contribution in [0.15, 0.2) is 24.3 Å². The van der Waals surface area contributed by atoms with E-state index in [1.165, 1.54) is 25.1 Å². The molecule has 0 spiro atoms. The van der Waals surface area contributed by atoms with E-state index in [1.807, 2.05) is 0 Å². The number of benzene rings is 1. The molecule has 0 fully saturated rings. The Kier molecular flexibility index (Phi) is 4.86. The molecule has 1 unspecified atom stereocenters. The minimum atomic E-state index is -1.31. The van der Waals surface area contributed by atoms with E-state index >= 15 is 0 Å². The lowest BCUT2D eigenvalue weighted by molar-refractivity contribution is -0.143. The van der Waals surface area contributed by atoms with E-state index in [-0.39, 0.29) is 18.8 Å². The molecule has 5 nitrogen and oxygen atoms in total. The lowest BCUT2D eigenvalue weighted by Gasteiger charge is -2.24. The molecule has 6 heteroatoms. The second kappa shape index (κ2) is 6.17. The number of hydrogen-bond acceptors (Lipinski definition) is 2. The van der Waals surface area contributed by atoms with Gasteiger partial charge in [0.05, 0.1) is 0 Å². The van der Waals surface area contributed by atoms with Crippen LogP contribution >= 0.6 is 0 Å². The van der Waals surface area contributed by atoms with Crippen molar-refractivity contribution in [2.45, 2.75) is 32.4 Å². The minimum Gasteiger partial charge on any atom is -0.480 e. The second-order valence-electron chi connectivity index (χ2n) is 4.43. The highest BCUT2D eigenvalue weighted by atomic mass is 19.1. The average Bonchev–Trinajstić information content (AvgIpc) is 2.36. The molecule has 0 bridgehead atoms. The van der Waals surface area contributed by atoms with E-state index in [0.29, 0.717) is 5.56 Å². The molecule has 0 radical (unpaired) electrons. The first kappa shape index (κ1) is 14.9. The third-order valence-corrected chi connectivity index (χ3v) is 2.91. The predicted octanol–water partition coefficient (Wildman–Crippen LogP) is 1.88. The molecule has 0 aliphatic heterocycles. The van der Waals surface area contributed by atoms with Crippen molar-refractivity contribution in [3.05, 3.63) is 35.6 Å². The zero-order chi connectivity index (χ0) is 14.5. The summed E-state index contributed by atoms with van der Waals surface area (Å²) in [5.74, 6) is -1.49. The van der Waals surface area contributed by atoms with Crippen LogP contribution in [0.4, 0.5) is 9.18 Å². The summed E-state index contributed by atoms with van der Waals surface area (Å²) in [6.07, 6.45) is 0.260. The maximum absolute atomic E-state index is 12.9. The van der Waals surface area contributed by atoms with Gasteiger partial charge in [0.15, 0.2) is 0 Å². The molecule has 104 valence electrons. The van der Waals surface area contributed by atoms with Crippen LogP contribution in [-0.2, 0) is 11.3 Å². The molecular weight excluding hydrogens is 251 g/mol. The minimum absolute atomic E-state index is 0.128. The van der Waals surface area contributed by atoms with Gasteiger partial charge in [-0.2, -0.15) is 0 Å². The molecule has 19 heavy (non-hydrogen) atoms. The zero-order valence-corrected chi connectivity index (χ0v) is 10.9. The molecule has 0 saturated carbocycles. The molecule has 0 aliphatic carbocycles. The number of carboxylic acids is 1. The summed E-state index contributed by atoms with van der Waals surface area (Å²) in [4.78, 5) is 22.6. The normalized spacial score (nSPS) is 13.4. The molecule has 1 aromatic rings. The van der Waals surface area contributed by atoms with Crippen molar-refractivity contribution < 1.29 is 19.1 Å². The lowest BCUT2D eigenvalue weighted by Crippen LogP contribution is -2.54. The number of carboxylic acid groups (broad SMARTS) is 1. The Morgan fingerprint density at radius 1 is 1.42 bits per heavy atom. The molecule has 1 rings (SSSR count). The number of hydrogen-bond donors (Lipinski definition) is 3. The van der Waals surface area contributed by atoms with Crippen molar-refractivity contribution in [1.29, 1.82) is 0 Å². The number of nitrogens with one attached hydrogen (secondary N) is 2. The van der Waals surface area contributed by atoms with Gasteiger partial charge in [0.2, 0.25) is 0 Å². The number of rotatable bonds is 5. The van der Waals surface area contributed by atoms with E-state index in [4.69, 9.17) is 5.11 Å². The van der Waals surface area contributed by atoms with Gasteiger partial charge in [-0.3, -0.25) is 0 Å². The van der Waals surface area contributed by atoms with Crippen LogP contribution in [0.3, 0.4) is 0 Å². The fourth-order valence-corrected chi connectivity index (χ4v) is 1.42. The van der Waals surface area contributed by atoms with Crippen molar-refractivity contribution in [2.75, 3.05) is 0 Å². The summed E-state index contributed by atoms with van der Waals surface area (Å²) in [6, 6.07) is 5.21. The molecule has 1 aromatic carbocycles. The van der Waals surface area contributed by atoms with Gasteiger partial charge < -0.3 is 15.7 Å². The van der Waals surface area contributed by atoms with Crippen molar-refractivity contribution in [1.82, 2.24) is 10.6 Å². The number of urea groups is 1. The van der Waals surface area contributed by atoms with Gasteiger partial charge >= 0.3 is 12.0 Å². The Hall–Kier alpha value is -2.11. The van der Waals surface area contributed by atoms with Gasteiger partial charge in [-0.15, -0.1) is 0 Å². The summed E-state index contributed by atoms with van der Waals surface area (Å²) in [6.45, 7) is 3.22. The topological polar surface area (TPSA) is 78.4 Å². The van der Waals surface area contributed by atoms with Crippen molar-refractivity contribution in [2.24, 2.45) is 0 Å². The summed E-state index contributed by atoms with van der Waals surface area (Å²) >= 11 is 0. The molecule has 0 heterocycles. The van der Waals surface area contributed by atoms with Gasteiger partial charge in [0, 0.05) is 6.54 Å². The highest BCUT2D eigenvalue weighted by Gasteiger charge is 2.32. The lowest BCUT2D eigenvalue weighted by atomic mass is 10.00. The standard InChI is InChI=1S/C13H17FN2O3/c1-3-13(2,11(17)18)16-12(19)15-8-9-5-4-6-10(14)7-9/h4-7H,3,8H2,1-2H3,(H,17,18)(H2,15,16,19). The Balaban J connectivity index is 2.54. The van der Waals surface area contributed by atoms with Gasteiger partial charge in [-0.25, -0.2) is 14.0 Å². The monoisotopic (exact) mass is 268 g/mol. The zero-order valence-electron chi connectivity index (χ0n) is 10.9. The predicted molar refractivity (Wildman–Crippen MR) is 68.1 cm³/mol. The third kappa shape index (κ3) is 4.24. The van der Waals surface area contributed by atoms with E-state index in [2.05, 4.69) is 10.6 Å². The van der Waals surface area contributed by atoms with E-state index in [1.54, 1.807) is 13.0 Å². The van der Waals surface area contributed by atoms with Crippen molar-refractivity contribution in [3.8, 4) is 0 Å². The molecule has 0 aliphatic rings. The molecular formula is C13H17FN2O3. The van der Waals surface area contributed by atoms with Crippen LogP contribution in [-0.4, -0.2) is 22.6 Å². The molecule has 3 N–H and O–H groups in total. The van der Waals surface area contributed by atoms with Crippen LogP contribution in [0, 0.1) is 5.82 Å². The first-order chi connectivity index (χ1) is 8.87. The summed E-state index contributed by atoms with van der Waals surface area (Å²) in [7, 11) is 0. The molecule has 0 aromatic heterocycles. The average molecular weight is 268 g/mol. The van der Waals surface area contributed by atoms with Crippen LogP contribution in [0.2, 0.25) is 0 Å². The van der Waals surface area contributed by atoms with Gasteiger partial charge in [0.25, 0.3) is 0 Å². The Morgan fingerprint density at radius 2 is 2.11 bits per heavy atom. The number of aliphatic carboxylic acids is 1. The van der Waals surface area contributed by atoms with E-state index < -0.39 is 17.5 Å². The Morgan fingerprint density at radius 3 is 2.63 bits per heavy atom. The smallest absolute Gasteiger partial charge is 0.329 e. The fraction of sp³-hybridized carbons (Fsp3) is 0.385. The van der Waals surface area contributed by atoms with E-state index in [0.717, 1.165) is 0 Å². The summed E-state index contributed by atoms with van der Waals surface area (Å²) in [5, 5.41) is 13.9. The SMILES string of the molecule is CCC(C)(NC(=O)NCc1cccc(F)c1)C(=O)O. The second-order valence-corrected chi connectivity index (χ2v) is 4.43. The fourth-order valence-electron chi connectivity index (χ4n) is 1.42. The van der Waals surface area contributed by atoms with Crippen LogP contribution in [0.5, 0.6) is 0 Å². The molecule has 2 amide bonds. The van der Waals surface area contributed by atoms with Crippen molar-refractivity contribution >= 4 is 12.0 Å². The van der Waals surface area contributed by atoms with Crippen LogP contribution in [0.1, 0.15) is 25.8 Å². The molecule has 1 atom stereocenters. The van der Waals surface area contributed by atoms with Gasteiger partial charge in [0.1, 0.15) is 11.4 Å².